The summed E-state index contributed by atoms with van der Waals surface area (Å²) in [6, 6.07) is 21.7. The Balaban J connectivity index is 2.01. The smallest absolute Gasteiger partial charge is 0.115 e. The molecule has 1 heterocycles. The third-order valence-electron chi connectivity index (χ3n) is 4.08. The highest BCUT2D eigenvalue weighted by Crippen LogP contribution is 2.39. The number of pyridine rings is 1. The molecule has 110 valence electrons. The van der Waals surface area contributed by atoms with Crippen molar-refractivity contribution in [2.24, 2.45) is 5.18 Å². The van der Waals surface area contributed by atoms with Gasteiger partial charge >= 0.3 is 0 Å². The van der Waals surface area contributed by atoms with Crippen LogP contribution in [0.15, 0.2) is 78.1 Å². The van der Waals surface area contributed by atoms with E-state index in [1.807, 2.05) is 60.8 Å². The van der Waals surface area contributed by atoms with Crippen LogP contribution >= 0.6 is 0 Å². The van der Waals surface area contributed by atoms with Gasteiger partial charge in [0.15, 0.2) is 0 Å². The second kappa shape index (κ2) is 5.54. The van der Waals surface area contributed by atoms with Crippen molar-refractivity contribution in [1.82, 2.24) is 4.98 Å². The number of benzene rings is 2. The van der Waals surface area contributed by atoms with E-state index < -0.39 is 0 Å². The maximum absolute atomic E-state index is 11.4. The number of nitroso groups, excluding NO2 is 1. The molecule has 1 N–H and O–H groups in total. The minimum atomic E-state index is 0.437. The lowest BCUT2D eigenvalue weighted by molar-refractivity contribution is 1.35. The van der Waals surface area contributed by atoms with Crippen LogP contribution < -0.4 is 0 Å². The summed E-state index contributed by atoms with van der Waals surface area (Å²) >= 11 is 0. The molecule has 4 rings (SSSR count). The van der Waals surface area contributed by atoms with Crippen molar-refractivity contribution in [3.05, 3.63) is 89.0 Å². The lowest BCUT2D eigenvalue weighted by atomic mass is 10.1. The maximum atomic E-state index is 11.4. The zero-order chi connectivity index (χ0) is 15.6. The number of rotatable bonds is 3. The van der Waals surface area contributed by atoms with Crippen molar-refractivity contribution >= 4 is 22.5 Å². The molecule has 0 fully saturated rings. The molecule has 2 aromatic carbocycles. The molecule has 1 aliphatic heterocycles. The van der Waals surface area contributed by atoms with Gasteiger partial charge in [-0.2, -0.15) is 0 Å². The Bertz CT molecular complexity index is 983. The fourth-order valence-corrected chi connectivity index (χ4v) is 3.03. The van der Waals surface area contributed by atoms with E-state index in [-0.39, 0.29) is 0 Å². The van der Waals surface area contributed by atoms with E-state index in [1.165, 1.54) is 0 Å². The molecular formula is C20H14N2O. The molecular weight excluding hydrogens is 284 g/mol. The molecule has 23 heavy (non-hydrogen) atoms. The first-order chi connectivity index (χ1) is 11.4. The first kappa shape index (κ1) is 13.5. The summed E-state index contributed by atoms with van der Waals surface area (Å²) in [4.78, 5) is 14.7. The number of aromatic nitrogens is 1. The first-order valence-electron chi connectivity index (χ1n) is 7.47. The predicted octanol–water partition coefficient (Wildman–Crippen LogP) is 5.54. The van der Waals surface area contributed by atoms with Crippen LogP contribution in [0.25, 0.3) is 33.8 Å². The average molecular weight is 298 g/mol. The summed E-state index contributed by atoms with van der Waals surface area (Å²) in [7, 11) is 0. The van der Waals surface area contributed by atoms with Crippen molar-refractivity contribution in [3.8, 4) is 11.3 Å². The van der Waals surface area contributed by atoms with Crippen molar-refractivity contribution < 1.29 is 0 Å². The zero-order valence-corrected chi connectivity index (χ0v) is 12.4. The number of aromatic amines is 1. The van der Waals surface area contributed by atoms with Gasteiger partial charge in [-0.3, -0.25) is 0 Å². The van der Waals surface area contributed by atoms with Crippen LogP contribution in [0.4, 0.5) is 0 Å². The Hall–Kier alpha value is -3.20. The lowest BCUT2D eigenvalue weighted by Gasteiger charge is -2.02. The monoisotopic (exact) mass is 298 g/mol. The van der Waals surface area contributed by atoms with Crippen molar-refractivity contribution in [1.29, 1.82) is 0 Å². The summed E-state index contributed by atoms with van der Waals surface area (Å²) in [6.45, 7) is 0. The van der Waals surface area contributed by atoms with Crippen LogP contribution in [0.3, 0.4) is 0 Å². The molecule has 0 saturated heterocycles. The molecule has 0 bridgehead atoms. The Morgan fingerprint density at radius 3 is 2.39 bits per heavy atom. The van der Waals surface area contributed by atoms with E-state index in [4.69, 9.17) is 0 Å². The van der Waals surface area contributed by atoms with Gasteiger partial charge in [0.25, 0.3) is 0 Å². The van der Waals surface area contributed by atoms with Crippen LogP contribution in [0.2, 0.25) is 0 Å². The third-order valence-corrected chi connectivity index (χ3v) is 4.08. The Kier molecular flexibility index (Phi) is 3.24. The molecule has 1 aliphatic carbocycles. The minimum Gasteiger partial charge on any atom is -0.361 e. The Morgan fingerprint density at radius 2 is 1.61 bits per heavy atom. The van der Waals surface area contributed by atoms with E-state index >= 15 is 0 Å². The normalized spacial score (nSPS) is 11.9. The van der Waals surface area contributed by atoms with E-state index in [0.717, 1.165) is 33.2 Å². The minimum absolute atomic E-state index is 0.437. The molecule has 2 aromatic rings. The van der Waals surface area contributed by atoms with Gasteiger partial charge in [-0.15, -0.1) is 4.91 Å². The topological polar surface area (TPSA) is 45.2 Å². The van der Waals surface area contributed by atoms with Crippen LogP contribution in [-0.2, 0) is 0 Å². The van der Waals surface area contributed by atoms with Gasteiger partial charge in [-0.05, 0) is 28.3 Å². The molecule has 0 spiro atoms. The Morgan fingerprint density at radius 1 is 0.870 bits per heavy atom. The van der Waals surface area contributed by atoms with Crippen LogP contribution in [-0.4, -0.2) is 4.98 Å². The summed E-state index contributed by atoms with van der Waals surface area (Å²) in [5, 5.41) is 5.51. The molecule has 0 unspecified atom stereocenters. The number of nitrogens with one attached hydrogen (secondary N) is 1. The highest BCUT2D eigenvalue weighted by atomic mass is 16.3. The quantitative estimate of drug-likeness (QED) is 0.496. The largest absolute Gasteiger partial charge is 0.361 e. The number of nitrogens with zero attached hydrogens (tertiary/aromatic N) is 1. The zero-order valence-electron chi connectivity index (χ0n) is 12.4. The second-order valence-electron chi connectivity index (χ2n) is 5.40. The maximum Gasteiger partial charge on any atom is 0.115 e. The van der Waals surface area contributed by atoms with Gasteiger partial charge in [-0.1, -0.05) is 60.7 Å². The fraction of sp³-hybridized carbons (Fsp3) is 0. The van der Waals surface area contributed by atoms with Gasteiger partial charge in [0.1, 0.15) is 5.70 Å². The molecule has 0 aromatic heterocycles. The molecule has 0 saturated carbocycles. The number of fused-ring (bicyclic) bond motifs is 3. The fourth-order valence-electron chi connectivity index (χ4n) is 3.03. The average Bonchev–Trinajstić information content (AvgIpc) is 2.94. The molecule has 0 radical (unpaired) electrons. The van der Waals surface area contributed by atoms with Crippen LogP contribution in [0, 0.1) is 4.91 Å². The summed E-state index contributed by atoms with van der Waals surface area (Å²) < 4.78 is 0. The molecule has 2 aliphatic rings. The van der Waals surface area contributed by atoms with Gasteiger partial charge < -0.3 is 4.98 Å². The van der Waals surface area contributed by atoms with Gasteiger partial charge in [0, 0.05) is 22.7 Å². The number of hydrogen-bond acceptors (Lipinski definition) is 2. The van der Waals surface area contributed by atoms with Crippen molar-refractivity contribution in [2.45, 2.75) is 0 Å². The molecule has 3 heteroatoms. The first-order valence-corrected chi connectivity index (χ1v) is 7.47. The van der Waals surface area contributed by atoms with E-state index in [2.05, 4.69) is 28.4 Å². The van der Waals surface area contributed by atoms with Gasteiger partial charge in [0.05, 0.1) is 5.69 Å². The SMILES string of the molecule is O=N/C(=C\c1c2ccc[nH]c-2c2ccccc12)c1ccccc1. The number of H-pyrrole nitrogens is 1. The van der Waals surface area contributed by atoms with Crippen LogP contribution in [0.1, 0.15) is 11.1 Å². The molecule has 3 nitrogen and oxygen atoms in total. The Labute approximate surface area is 133 Å². The van der Waals surface area contributed by atoms with Crippen molar-refractivity contribution in [3.63, 3.8) is 0 Å². The van der Waals surface area contributed by atoms with Gasteiger partial charge in [-0.25, -0.2) is 0 Å². The third kappa shape index (κ3) is 2.23. The predicted molar refractivity (Wildman–Crippen MR) is 95.0 cm³/mol. The summed E-state index contributed by atoms with van der Waals surface area (Å²) in [5.41, 5.74) is 4.44. The lowest BCUT2D eigenvalue weighted by Crippen LogP contribution is -1.83. The van der Waals surface area contributed by atoms with Gasteiger partial charge in [0.2, 0.25) is 0 Å². The summed E-state index contributed by atoms with van der Waals surface area (Å²) in [5.74, 6) is 0. The summed E-state index contributed by atoms with van der Waals surface area (Å²) in [6.07, 6.45) is 3.79. The standard InChI is InChI=1S/C20H14N2O/c23-22-19(14-7-2-1-3-8-14)13-18-15-9-4-5-10-16(15)20-17(18)11-6-12-21-20/h1-13,21H/b19-13-. The highest BCUT2D eigenvalue weighted by molar-refractivity contribution is 6.10. The molecule has 0 amide bonds. The highest BCUT2D eigenvalue weighted by Gasteiger charge is 2.16. The second-order valence-corrected chi connectivity index (χ2v) is 5.40. The molecule has 0 atom stereocenters. The van der Waals surface area contributed by atoms with Crippen molar-refractivity contribution in [2.75, 3.05) is 0 Å². The number of hydrogen-bond donors (Lipinski definition) is 1. The van der Waals surface area contributed by atoms with E-state index in [1.54, 1.807) is 0 Å². The van der Waals surface area contributed by atoms with E-state index in [9.17, 15) is 4.91 Å². The van der Waals surface area contributed by atoms with E-state index in [0.29, 0.717) is 5.70 Å². The van der Waals surface area contributed by atoms with Crippen LogP contribution in [0.5, 0.6) is 0 Å².